The number of nitrogens with zero attached hydrogens (tertiary/aromatic N) is 3. The number of carboxylic acid groups (broad SMARTS) is 1. The third-order valence-corrected chi connectivity index (χ3v) is 5.63. The smallest absolute Gasteiger partial charge is 0.341 e. The zero-order valence-corrected chi connectivity index (χ0v) is 17.6. The van der Waals surface area contributed by atoms with Crippen LogP contribution in [0.4, 0.5) is 5.69 Å². The second-order valence-electron chi connectivity index (χ2n) is 7.19. The highest BCUT2D eigenvalue weighted by atomic mass is 79.9. The quantitative estimate of drug-likeness (QED) is 0.519. The molecule has 0 bridgehead atoms. The van der Waals surface area contributed by atoms with E-state index in [2.05, 4.69) is 48.1 Å². The van der Waals surface area contributed by atoms with E-state index in [0.717, 1.165) is 47.2 Å². The molecule has 3 aromatic rings. The number of aromatic amines is 1. The molecule has 0 aliphatic carbocycles. The van der Waals surface area contributed by atoms with Crippen LogP contribution in [0.25, 0.3) is 22.6 Å². The molecule has 3 N–H and O–H groups in total. The Morgan fingerprint density at radius 1 is 1.34 bits per heavy atom. The van der Waals surface area contributed by atoms with Crippen molar-refractivity contribution in [2.24, 2.45) is 0 Å². The lowest BCUT2D eigenvalue weighted by Crippen LogP contribution is -2.36. The lowest BCUT2D eigenvalue weighted by Gasteiger charge is -2.30. The number of hydrogen-bond acceptors (Lipinski definition) is 6. The van der Waals surface area contributed by atoms with E-state index in [1.807, 2.05) is 12.1 Å². The Morgan fingerprint density at radius 2 is 2.07 bits per heavy atom. The first kappa shape index (κ1) is 19.7. The van der Waals surface area contributed by atoms with Gasteiger partial charge < -0.3 is 25.0 Å². The van der Waals surface area contributed by atoms with Crippen LogP contribution in [-0.4, -0.2) is 63.7 Å². The average Bonchev–Trinajstić information content (AvgIpc) is 3.15. The fourth-order valence-electron chi connectivity index (χ4n) is 3.42. The molecular weight excluding hydrogens is 438 g/mol. The number of aliphatic carboxylic acids is 1. The SMILES string of the molecule is CN1CCC(Nc2c(Br)cnc3nc(-c4ccc(OCC(=O)O)cc4)[nH]c23)CC1. The van der Waals surface area contributed by atoms with Crippen LogP contribution >= 0.6 is 15.9 Å². The number of ether oxygens (including phenoxy) is 1. The lowest BCUT2D eigenvalue weighted by molar-refractivity contribution is -0.139. The van der Waals surface area contributed by atoms with Gasteiger partial charge in [0.05, 0.1) is 10.2 Å². The van der Waals surface area contributed by atoms with Gasteiger partial charge in [-0.15, -0.1) is 0 Å². The van der Waals surface area contributed by atoms with Gasteiger partial charge in [0.2, 0.25) is 0 Å². The van der Waals surface area contributed by atoms with Crippen molar-refractivity contribution in [3.8, 4) is 17.1 Å². The molecule has 0 radical (unpaired) electrons. The summed E-state index contributed by atoms with van der Waals surface area (Å²) < 4.78 is 6.08. The Morgan fingerprint density at radius 3 is 2.76 bits per heavy atom. The maximum Gasteiger partial charge on any atom is 0.341 e. The number of fused-ring (bicyclic) bond motifs is 1. The van der Waals surface area contributed by atoms with Gasteiger partial charge in [-0.25, -0.2) is 14.8 Å². The Labute approximate surface area is 176 Å². The zero-order chi connectivity index (χ0) is 20.4. The van der Waals surface area contributed by atoms with E-state index in [9.17, 15) is 4.79 Å². The average molecular weight is 460 g/mol. The molecule has 1 aliphatic heterocycles. The molecule has 8 nitrogen and oxygen atoms in total. The fraction of sp³-hybridized carbons (Fsp3) is 0.350. The third kappa shape index (κ3) is 4.51. The minimum absolute atomic E-state index is 0.367. The van der Waals surface area contributed by atoms with Crippen molar-refractivity contribution in [3.63, 3.8) is 0 Å². The second kappa shape index (κ2) is 8.38. The molecule has 0 amide bonds. The maximum atomic E-state index is 10.6. The largest absolute Gasteiger partial charge is 0.482 e. The minimum Gasteiger partial charge on any atom is -0.482 e. The Bertz CT molecular complexity index is 1010. The molecule has 9 heteroatoms. The first-order chi connectivity index (χ1) is 14.0. The van der Waals surface area contributed by atoms with Gasteiger partial charge >= 0.3 is 5.97 Å². The number of anilines is 1. The van der Waals surface area contributed by atoms with Gasteiger partial charge in [-0.2, -0.15) is 0 Å². The number of piperidine rings is 1. The number of pyridine rings is 1. The van der Waals surface area contributed by atoms with E-state index in [-0.39, 0.29) is 6.61 Å². The van der Waals surface area contributed by atoms with Crippen molar-refractivity contribution in [3.05, 3.63) is 34.9 Å². The van der Waals surface area contributed by atoms with Gasteiger partial charge in [0.1, 0.15) is 17.1 Å². The number of H-pyrrole nitrogens is 1. The van der Waals surface area contributed by atoms with Crippen molar-refractivity contribution >= 4 is 38.8 Å². The number of benzene rings is 1. The molecule has 29 heavy (non-hydrogen) atoms. The number of hydrogen-bond donors (Lipinski definition) is 3. The molecule has 1 fully saturated rings. The van der Waals surface area contributed by atoms with E-state index >= 15 is 0 Å². The molecule has 0 atom stereocenters. The topological polar surface area (TPSA) is 103 Å². The number of likely N-dealkylation sites (tertiary alicyclic amines) is 1. The van der Waals surface area contributed by atoms with E-state index in [1.165, 1.54) is 0 Å². The first-order valence-corrected chi connectivity index (χ1v) is 10.2. The van der Waals surface area contributed by atoms with Crippen LogP contribution in [-0.2, 0) is 4.79 Å². The van der Waals surface area contributed by atoms with E-state index in [0.29, 0.717) is 23.3 Å². The van der Waals surface area contributed by atoms with Gasteiger partial charge in [-0.3, -0.25) is 0 Å². The molecule has 4 rings (SSSR count). The van der Waals surface area contributed by atoms with Gasteiger partial charge in [0.15, 0.2) is 12.3 Å². The van der Waals surface area contributed by atoms with Crippen molar-refractivity contribution in [1.82, 2.24) is 19.9 Å². The third-order valence-electron chi connectivity index (χ3n) is 5.03. The standard InChI is InChI=1S/C20H22BrN5O3/c1-26-8-6-13(7-9-26)23-17-15(21)10-22-20-18(17)24-19(25-20)12-2-4-14(5-3-12)29-11-16(27)28/h2-5,10,13H,6-9,11H2,1H3,(H,27,28)(H2,22,23,24,25). The summed E-state index contributed by atoms with van der Waals surface area (Å²) in [5.74, 6) is 0.187. The summed E-state index contributed by atoms with van der Waals surface area (Å²) in [5, 5.41) is 12.4. The van der Waals surface area contributed by atoms with Gasteiger partial charge in [-0.05, 0) is 73.2 Å². The molecule has 1 saturated heterocycles. The Kier molecular flexibility index (Phi) is 5.68. The van der Waals surface area contributed by atoms with Crippen molar-refractivity contribution in [1.29, 1.82) is 0 Å². The number of carboxylic acids is 1. The fourth-order valence-corrected chi connectivity index (χ4v) is 3.84. The minimum atomic E-state index is -1.01. The van der Waals surface area contributed by atoms with Gasteiger partial charge in [0.25, 0.3) is 0 Å². The van der Waals surface area contributed by atoms with Crippen molar-refractivity contribution in [2.45, 2.75) is 18.9 Å². The number of rotatable bonds is 6. The van der Waals surface area contributed by atoms with Crippen LogP contribution in [0.2, 0.25) is 0 Å². The van der Waals surface area contributed by atoms with Crippen LogP contribution in [0.3, 0.4) is 0 Å². The molecule has 1 aromatic carbocycles. The highest BCUT2D eigenvalue weighted by Gasteiger charge is 2.20. The van der Waals surface area contributed by atoms with Crippen LogP contribution < -0.4 is 10.1 Å². The summed E-state index contributed by atoms with van der Waals surface area (Å²) in [6, 6.07) is 7.55. The predicted octanol–water partition coefficient (Wildman–Crippen LogP) is 3.36. The second-order valence-corrected chi connectivity index (χ2v) is 8.05. The normalized spacial score (nSPS) is 15.5. The monoisotopic (exact) mass is 459 g/mol. The number of nitrogens with one attached hydrogen (secondary N) is 2. The Hall–Kier alpha value is -2.65. The van der Waals surface area contributed by atoms with Crippen LogP contribution in [0.5, 0.6) is 5.75 Å². The summed E-state index contributed by atoms with van der Waals surface area (Å²) >= 11 is 3.61. The van der Waals surface area contributed by atoms with Gasteiger partial charge in [0, 0.05) is 17.8 Å². The summed E-state index contributed by atoms with van der Waals surface area (Å²) in [7, 11) is 2.15. The number of carbonyl (C=O) groups is 1. The highest BCUT2D eigenvalue weighted by molar-refractivity contribution is 9.10. The molecule has 0 saturated carbocycles. The van der Waals surface area contributed by atoms with Crippen molar-refractivity contribution < 1.29 is 14.6 Å². The zero-order valence-electron chi connectivity index (χ0n) is 16.0. The van der Waals surface area contributed by atoms with Crippen molar-refractivity contribution in [2.75, 3.05) is 32.1 Å². The van der Waals surface area contributed by atoms with Crippen LogP contribution in [0.1, 0.15) is 12.8 Å². The van der Waals surface area contributed by atoms with E-state index in [1.54, 1.807) is 18.3 Å². The number of imidazole rings is 1. The first-order valence-electron chi connectivity index (χ1n) is 9.44. The van der Waals surface area contributed by atoms with Crippen LogP contribution in [0, 0.1) is 0 Å². The Balaban J connectivity index is 1.58. The highest BCUT2D eigenvalue weighted by Crippen LogP contribution is 2.32. The molecular formula is C20H22BrN5O3. The predicted molar refractivity (Wildman–Crippen MR) is 114 cm³/mol. The summed E-state index contributed by atoms with van der Waals surface area (Å²) in [6.45, 7) is 1.79. The maximum absolute atomic E-state index is 10.6. The number of aromatic nitrogens is 3. The molecule has 0 spiro atoms. The molecule has 1 aliphatic rings. The number of halogens is 1. The molecule has 0 unspecified atom stereocenters. The summed E-state index contributed by atoms with van der Waals surface area (Å²) in [5.41, 5.74) is 3.35. The molecule has 3 heterocycles. The van der Waals surface area contributed by atoms with Crippen LogP contribution in [0.15, 0.2) is 34.9 Å². The summed E-state index contributed by atoms with van der Waals surface area (Å²) in [6.07, 6.45) is 3.95. The molecule has 2 aromatic heterocycles. The van der Waals surface area contributed by atoms with E-state index < -0.39 is 5.97 Å². The summed E-state index contributed by atoms with van der Waals surface area (Å²) in [4.78, 5) is 25.4. The van der Waals surface area contributed by atoms with E-state index in [4.69, 9.17) is 9.84 Å². The van der Waals surface area contributed by atoms with Gasteiger partial charge in [-0.1, -0.05) is 0 Å². The molecule has 152 valence electrons. The lowest BCUT2D eigenvalue weighted by atomic mass is 10.1.